The third kappa shape index (κ3) is 2.85. The predicted molar refractivity (Wildman–Crippen MR) is 65.7 cm³/mol. The first-order valence-electron chi connectivity index (χ1n) is 5.53. The largest absolute Gasteiger partial charge is 0.478 e. The van der Waals surface area contributed by atoms with Crippen LogP contribution in [0.4, 0.5) is 4.39 Å². The molecule has 0 atom stereocenters. The zero-order valence-electron chi connectivity index (χ0n) is 10.1. The molecule has 5 nitrogen and oxygen atoms in total. The zero-order chi connectivity index (χ0) is 14.0. The molecule has 0 spiro atoms. The number of nitrogens with zero attached hydrogens (tertiary/aromatic N) is 2. The van der Waals surface area contributed by atoms with Crippen LogP contribution in [0.1, 0.15) is 21.6 Å². The number of aryl methyl sites for hydroxylation is 1. The van der Waals surface area contributed by atoms with Crippen molar-refractivity contribution in [1.29, 1.82) is 0 Å². The second-order valence-electron chi connectivity index (χ2n) is 4.09. The van der Waals surface area contributed by atoms with Gasteiger partial charge in [-0.15, -0.1) is 0 Å². The quantitative estimate of drug-likeness (QED) is 0.908. The second kappa shape index (κ2) is 5.01. The normalized spacial score (nSPS) is 10.4. The van der Waals surface area contributed by atoms with Gasteiger partial charge in [-0.3, -0.25) is 4.57 Å². The maximum absolute atomic E-state index is 13.2. The summed E-state index contributed by atoms with van der Waals surface area (Å²) in [6.07, 6.45) is 1.50. The molecule has 2 rings (SSSR count). The molecule has 0 aliphatic heterocycles. The number of hydrogen-bond acceptors (Lipinski definition) is 3. The molecule has 1 aromatic heterocycles. The van der Waals surface area contributed by atoms with Gasteiger partial charge in [0, 0.05) is 11.9 Å². The summed E-state index contributed by atoms with van der Waals surface area (Å²) in [4.78, 5) is 26.4. The van der Waals surface area contributed by atoms with Gasteiger partial charge in [-0.2, -0.15) is 4.98 Å². The topological polar surface area (TPSA) is 72.2 Å². The molecule has 2 aromatic rings. The third-order valence-electron chi connectivity index (χ3n) is 2.65. The van der Waals surface area contributed by atoms with Crippen molar-refractivity contribution in [1.82, 2.24) is 9.55 Å². The van der Waals surface area contributed by atoms with Crippen LogP contribution in [-0.2, 0) is 6.54 Å². The Bertz CT molecular complexity index is 695. The van der Waals surface area contributed by atoms with Gasteiger partial charge in [-0.25, -0.2) is 14.0 Å². The Kier molecular flexibility index (Phi) is 3.41. The van der Waals surface area contributed by atoms with Crippen molar-refractivity contribution in [3.05, 3.63) is 63.6 Å². The van der Waals surface area contributed by atoms with Crippen LogP contribution in [0.5, 0.6) is 0 Å². The van der Waals surface area contributed by atoms with Crippen molar-refractivity contribution in [2.75, 3.05) is 0 Å². The molecule has 19 heavy (non-hydrogen) atoms. The van der Waals surface area contributed by atoms with E-state index in [0.29, 0.717) is 5.69 Å². The average molecular weight is 262 g/mol. The van der Waals surface area contributed by atoms with Crippen molar-refractivity contribution in [2.45, 2.75) is 13.5 Å². The summed E-state index contributed by atoms with van der Waals surface area (Å²) < 4.78 is 14.4. The fourth-order valence-electron chi connectivity index (χ4n) is 1.72. The van der Waals surface area contributed by atoms with Crippen LogP contribution in [-0.4, -0.2) is 20.6 Å². The smallest absolute Gasteiger partial charge is 0.348 e. The van der Waals surface area contributed by atoms with Crippen LogP contribution in [0.2, 0.25) is 0 Å². The minimum atomic E-state index is -1.16. The lowest BCUT2D eigenvalue weighted by Crippen LogP contribution is -2.24. The second-order valence-corrected chi connectivity index (χ2v) is 4.09. The van der Waals surface area contributed by atoms with E-state index in [2.05, 4.69) is 4.98 Å². The van der Waals surface area contributed by atoms with Crippen molar-refractivity contribution in [3.8, 4) is 0 Å². The minimum absolute atomic E-state index is 0.0334. The first-order valence-corrected chi connectivity index (χ1v) is 5.53. The molecule has 0 fully saturated rings. The van der Waals surface area contributed by atoms with E-state index in [9.17, 15) is 14.0 Å². The molecular formula is C13H11FN2O3. The Hall–Kier alpha value is -2.50. The molecule has 1 aromatic carbocycles. The van der Waals surface area contributed by atoms with E-state index in [-0.39, 0.29) is 17.7 Å². The fraction of sp³-hybridized carbons (Fsp3) is 0.154. The third-order valence-corrected chi connectivity index (χ3v) is 2.65. The number of halogens is 1. The number of carbonyl (C=O) groups is 1. The van der Waals surface area contributed by atoms with Crippen LogP contribution in [0, 0.1) is 12.7 Å². The van der Waals surface area contributed by atoms with Gasteiger partial charge in [0.1, 0.15) is 5.82 Å². The Labute approximate surface area is 108 Å². The molecule has 0 amide bonds. The fourth-order valence-corrected chi connectivity index (χ4v) is 1.72. The zero-order valence-corrected chi connectivity index (χ0v) is 10.1. The number of carboxylic acids is 1. The highest BCUT2D eigenvalue weighted by Crippen LogP contribution is 2.12. The Morgan fingerprint density at radius 1 is 1.42 bits per heavy atom. The summed E-state index contributed by atoms with van der Waals surface area (Å²) in [5.41, 5.74) is 0.258. The summed E-state index contributed by atoms with van der Waals surface area (Å²) in [6.45, 7) is 1.64. The summed E-state index contributed by atoms with van der Waals surface area (Å²) in [7, 11) is 0. The van der Waals surface area contributed by atoms with Gasteiger partial charge in [-0.1, -0.05) is 0 Å². The highest BCUT2D eigenvalue weighted by Gasteiger charge is 2.12. The molecule has 0 aliphatic rings. The standard InChI is InChI=1S/C13H11FN2O3/c1-8-4-5-16(13(19)15-8)7-9-6-10(14)2-3-11(9)12(17)18/h2-6H,7H2,1H3,(H,17,18). The van der Waals surface area contributed by atoms with E-state index in [1.165, 1.54) is 16.8 Å². The molecular weight excluding hydrogens is 251 g/mol. The van der Waals surface area contributed by atoms with Crippen LogP contribution >= 0.6 is 0 Å². The maximum atomic E-state index is 13.2. The molecule has 0 saturated carbocycles. The predicted octanol–water partition coefficient (Wildman–Crippen LogP) is 1.44. The molecule has 0 unspecified atom stereocenters. The first-order chi connectivity index (χ1) is 8.97. The van der Waals surface area contributed by atoms with E-state index in [0.717, 1.165) is 12.1 Å². The molecule has 1 N–H and O–H groups in total. The van der Waals surface area contributed by atoms with E-state index >= 15 is 0 Å². The molecule has 0 bridgehead atoms. The molecule has 0 saturated heterocycles. The molecule has 98 valence electrons. The van der Waals surface area contributed by atoms with Gasteiger partial charge in [0.15, 0.2) is 0 Å². The number of carboxylic acid groups (broad SMARTS) is 1. The SMILES string of the molecule is Cc1ccn(Cc2cc(F)ccc2C(=O)O)c(=O)n1. The molecule has 0 radical (unpaired) electrons. The van der Waals surface area contributed by atoms with E-state index < -0.39 is 17.5 Å². The number of hydrogen-bond donors (Lipinski definition) is 1. The van der Waals surface area contributed by atoms with Gasteiger partial charge in [-0.05, 0) is 36.8 Å². The lowest BCUT2D eigenvalue weighted by Gasteiger charge is -2.08. The lowest BCUT2D eigenvalue weighted by molar-refractivity contribution is 0.0695. The van der Waals surface area contributed by atoms with E-state index in [1.807, 2.05) is 0 Å². The maximum Gasteiger partial charge on any atom is 0.348 e. The van der Waals surface area contributed by atoms with Crippen LogP contribution < -0.4 is 5.69 Å². The Morgan fingerprint density at radius 3 is 2.79 bits per heavy atom. The Balaban J connectivity index is 2.45. The summed E-state index contributed by atoms with van der Waals surface area (Å²) >= 11 is 0. The van der Waals surface area contributed by atoms with Gasteiger partial charge < -0.3 is 5.11 Å². The molecule has 0 aliphatic carbocycles. The number of aromatic nitrogens is 2. The van der Waals surface area contributed by atoms with E-state index in [1.54, 1.807) is 13.0 Å². The monoisotopic (exact) mass is 262 g/mol. The van der Waals surface area contributed by atoms with Crippen molar-refractivity contribution in [3.63, 3.8) is 0 Å². The van der Waals surface area contributed by atoms with Gasteiger partial charge >= 0.3 is 11.7 Å². The number of benzene rings is 1. The van der Waals surface area contributed by atoms with Crippen LogP contribution in [0.15, 0.2) is 35.3 Å². The van der Waals surface area contributed by atoms with Crippen molar-refractivity contribution >= 4 is 5.97 Å². The molecule has 1 heterocycles. The van der Waals surface area contributed by atoms with E-state index in [4.69, 9.17) is 5.11 Å². The number of rotatable bonds is 3. The lowest BCUT2D eigenvalue weighted by atomic mass is 10.1. The van der Waals surface area contributed by atoms with Gasteiger partial charge in [0.2, 0.25) is 0 Å². The summed E-state index contributed by atoms with van der Waals surface area (Å²) in [5.74, 6) is -1.71. The van der Waals surface area contributed by atoms with Gasteiger partial charge in [0.05, 0.1) is 12.1 Å². The highest BCUT2D eigenvalue weighted by molar-refractivity contribution is 5.89. The first kappa shape index (κ1) is 12.9. The highest BCUT2D eigenvalue weighted by atomic mass is 19.1. The molecule has 6 heteroatoms. The van der Waals surface area contributed by atoms with Crippen molar-refractivity contribution in [2.24, 2.45) is 0 Å². The summed E-state index contributed by atoms with van der Waals surface area (Å²) in [5, 5.41) is 9.02. The van der Waals surface area contributed by atoms with Gasteiger partial charge in [0.25, 0.3) is 0 Å². The Morgan fingerprint density at radius 2 is 2.16 bits per heavy atom. The van der Waals surface area contributed by atoms with Crippen LogP contribution in [0.3, 0.4) is 0 Å². The summed E-state index contributed by atoms with van der Waals surface area (Å²) in [6, 6.07) is 4.99. The minimum Gasteiger partial charge on any atom is -0.478 e. The number of aromatic carboxylic acids is 1. The average Bonchev–Trinajstić information content (AvgIpc) is 2.32. The van der Waals surface area contributed by atoms with Crippen LogP contribution in [0.25, 0.3) is 0 Å². The van der Waals surface area contributed by atoms with Crippen molar-refractivity contribution < 1.29 is 14.3 Å².